The third-order valence-electron chi connectivity index (χ3n) is 4.64. The number of rotatable bonds is 2. The molecule has 4 heteroatoms. The van der Waals surface area contributed by atoms with Gasteiger partial charge in [-0.15, -0.1) is 0 Å². The summed E-state index contributed by atoms with van der Waals surface area (Å²) in [5.41, 5.74) is 2.07. The largest absolute Gasteiger partial charge is 0.331 e. The van der Waals surface area contributed by atoms with E-state index in [4.69, 9.17) is 0 Å². The molecule has 0 spiro atoms. The van der Waals surface area contributed by atoms with Crippen LogP contribution in [0.15, 0.2) is 24.3 Å². The zero-order valence-corrected chi connectivity index (χ0v) is 12.5. The normalized spacial score (nSPS) is 20.1. The third kappa shape index (κ3) is 2.80. The monoisotopic (exact) mass is 286 g/mol. The lowest BCUT2D eigenvalue weighted by Gasteiger charge is -2.36. The Morgan fingerprint density at radius 1 is 1.14 bits per heavy atom. The highest BCUT2D eigenvalue weighted by Crippen LogP contribution is 2.28. The topological polar surface area (TPSA) is 40.6 Å². The van der Waals surface area contributed by atoms with E-state index in [1.807, 2.05) is 36.1 Å². The number of amides is 2. The van der Waals surface area contributed by atoms with Crippen molar-refractivity contribution in [2.45, 2.75) is 32.6 Å². The second-order valence-corrected chi connectivity index (χ2v) is 6.07. The Bertz CT molecular complexity index is 549. The molecule has 2 fully saturated rings. The molecule has 0 atom stereocenters. The number of hydrogen-bond acceptors (Lipinski definition) is 2. The van der Waals surface area contributed by atoms with Crippen LogP contribution < -0.4 is 4.90 Å². The Labute approximate surface area is 125 Å². The number of piperazine rings is 1. The molecule has 1 heterocycles. The third-order valence-corrected chi connectivity index (χ3v) is 4.64. The van der Waals surface area contributed by atoms with Crippen molar-refractivity contribution in [1.29, 1.82) is 0 Å². The number of hydrogen-bond donors (Lipinski definition) is 0. The standard InChI is InChI=1S/C17H22N2O2/c1-13-6-2-5-9-15(13)19-11-10-18(12-16(19)20)17(21)14-7-3-4-8-14/h2,5-6,9,14H,3-4,7-8,10-12H2,1H3. The molecular weight excluding hydrogens is 264 g/mol. The fraction of sp³-hybridized carbons (Fsp3) is 0.529. The average Bonchev–Trinajstić information content (AvgIpc) is 3.01. The number of aryl methyl sites for hydroxylation is 1. The number of nitrogens with zero attached hydrogens (tertiary/aromatic N) is 2. The molecule has 1 saturated carbocycles. The van der Waals surface area contributed by atoms with E-state index in [2.05, 4.69) is 0 Å². The molecule has 0 bridgehead atoms. The van der Waals surface area contributed by atoms with Crippen molar-refractivity contribution in [2.24, 2.45) is 5.92 Å². The van der Waals surface area contributed by atoms with E-state index in [0.29, 0.717) is 13.1 Å². The first-order chi connectivity index (χ1) is 10.2. The molecule has 1 aliphatic heterocycles. The molecule has 1 aromatic rings. The fourth-order valence-electron chi connectivity index (χ4n) is 3.41. The molecule has 2 amide bonds. The summed E-state index contributed by atoms with van der Waals surface area (Å²) in [4.78, 5) is 28.4. The smallest absolute Gasteiger partial charge is 0.246 e. The van der Waals surface area contributed by atoms with Crippen LogP contribution in [0.3, 0.4) is 0 Å². The van der Waals surface area contributed by atoms with Crippen LogP contribution in [-0.4, -0.2) is 36.3 Å². The van der Waals surface area contributed by atoms with Gasteiger partial charge in [-0.1, -0.05) is 31.0 Å². The van der Waals surface area contributed by atoms with Gasteiger partial charge in [0.2, 0.25) is 11.8 Å². The summed E-state index contributed by atoms with van der Waals surface area (Å²) in [6, 6.07) is 7.91. The maximum Gasteiger partial charge on any atom is 0.246 e. The minimum absolute atomic E-state index is 0.0295. The van der Waals surface area contributed by atoms with Gasteiger partial charge in [-0.2, -0.15) is 0 Å². The molecule has 112 valence electrons. The molecule has 0 aromatic heterocycles. The lowest BCUT2D eigenvalue weighted by atomic mass is 10.1. The maximum absolute atomic E-state index is 12.4. The second-order valence-electron chi connectivity index (χ2n) is 6.07. The second kappa shape index (κ2) is 5.88. The summed E-state index contributed by atoms with van der Waals surface area (Å²) in [6.07, 6.45) is 4.27. The summed E-state index contributed by atoms with van der Waals surface area (Å²) in [6.45, 7) is 3.49. The van der Waals surface area contributed by atoms with E-state index >= 15 is 0 Å². The van der Waals surface area contributed by atoms with Crippen LogP contribution in [0.5, 0.6) is 0 Å². The predicted octanol–water partition coefficient (Wildman–Crippen LogP) is 2.36. The zero-order valence-electron chi connectivity index (χ0n) is 12.5. The fourth-order valence-corrected chi connectivity index (χ4v) is 3.41. The minimum Gasteiger partial charge on any atom is -0.331 e. The predicted molar refractivity (Wildman–Crippen MR) is 82.1 cm³/mol. The molecule has 0 N–H and O–H groups in total. The summed E-state index contributed by atoms with van der Waals surface area (Å²) in [5, 5.41) is 0. The summed E-state index contributed by atoms with van der Waals surface area (Å²) >= 11 is 0. The van der Waals surface area contributed by atoms with Crippen molar-refractivity contribution in [3.05, 3.63) is 29.8 Å². The molecule has 3 rings (SSSR count). The molecule has 4 nitrogen and oxygen atoms in total. The average molecular weight is 286 g/mol. The van der Waals surface area contributed by atoms with Crippen molar-refractivity contribution in [2.75, 3.05) is 24.5 Å². The van der Waals surface area contributed by atoms with Crippen molar-refractivity contribution in [3.8, 4) is 0 Å². The molecular formula is C17H22N2O2. The van der Waals surface area contributed by atoms with E-state index in [0.717, 1.165) is 36.9 Å². The Hall–Kier alpha value is -1.84. The Morgan fingerprint density at radius 3 is 2.52 bits per heavy atom. The zero-order chi connectivity index (χ0) is 14.8. The van der Waals surface area contributed by atoms with Crippen LogP contribution in [0.4, 0.5) is 5.69 Å². The van der Waals surface area contributed by atoms with Crippen molar-refractivity contribution in [3.63, 3.8) is 0 Å². The van der Waals surface area contributed by atoms with Gasteiger partial charge in [0.25, 0.3) is 0 Å². The number of para-hydroxylation sites is 1. The van der Waals surface area contributed by atoms with Crippen molar-refractivity contribution < 1.29 is 9.59 Å². The van der Waals surface area contributed by atoms with E-state index in [1.165, 1.54) is 0 Å². The van der Waals surface area contributed by atoms with E-state index in [-0.39, 0.29) is 24.3 Å². The lowest BCUT2D eigenvalue weighted by molar-refractivity contribution is -0.140. The highest BCUT2D eigenvalue weighted by molar-refractivity contribution is 5.98. The molecule has 1 saturated heterocycles. The van der Waals surface area contributed by atoms with Gasteiger partial charge in [-0.05, 0) is 31.4 Å². The Morgan fingerprint density at radius 2 is 1.86 bits per heavy atom. The number of carbonyl (C=O) groups excluding carboxylic acids is 2. The van der Waals surface area contributed by atoms with Gasteiger partial charge in [0.15, 0.2) is 0 Å². The summed E-state index contributed by atoms with van der Waals surface area (Å²) in [5.74, 6) is 0.370. The first-order valence-corrected chi connectivity index (χ1v) is 7.81. The molecule has 0 radical (unpaired) electrons. The van der Waals surface area contributed by atoms with Gasteiger partial charge in [0.1, 0.15) is 6.54 Å². The van der Waals surface area contributed by atoms with E-state index in [1.54, 1.807) is 4.90 Å². The molecule has 21 heavy (non-hydrogen) atoms. The first-order valence-electron chi connectivity index (χ1n) is 7.81. The Kier molecular flexibility index (Phi) is 3.95. The van der Waals surface area contributed by atoms with Gasteiger partial charge in [0, 0.05) is 24.7 Å². The first kappa shape index (κ1) is 14.1. The van der Waals surface area contributed by atoms with Crippen molar-refractivity contribution in [1.82, 2.24) is 4.90 Å². The van der Waals surface area contributed by atoms with Crippen molar-refractivity contribution >= 4 is 17.5 Å². The highest BCUT2D eigenvalue weighted by atomic mass is 16.2. The number of benzene rings is 1. The van der Waals surface area contributed by atoms with E-state index < -0.39 is 0 Å². The number of anilines is 1. The SMILES string of the molecule is Cc1ccccc1N1CCN(C(=O)C2CCCC2)CC1=O. The van der Waals surface area contributed by atoms with Crippen LogP contribution in [-0.2, 0) is 9.59 Å². The van der Waals surface area contributed by atoms with E-state index in [9.17, 15) is 9.59 Å². The Balaban J connectivity index is 1.68. The molecule has 1 aromatic carbocycles. The van der Waals surface area contributed by atoms with Crippen LogP contribution in [0.25, 0.3) is 0 Å². The lowest BCUT2D eigenvalue weighted by Crippen LogP contribution is -2.53. The summed E-state index contributed by atoms with van der Waals surface area (Å²) in [7, 11) is 0. The molecule has 1 aliphatic carbocycles. The van der Waals surface area contributed by atoms with Crippen LogP contribution >= 0.6 is 0 Å². The van der Waals surface area contributed by atoms with Gasteiger partial charge in [-0.3, -0.25) is 9.59 Å². The van der Waals surface area contributed by atoms with Gasteiger partial charge in [-0.25, -0.2) is 0 Å². The van der Waals surface area contributed by atoms with Crippen LogP contribution in [0, 0.1) is 12.8 Å². The maximum atomic E-state index is 12.4. The highest BCUT2D eigenvalue weighted by Gasteiger charge is 2.33. The van der Waals surface area contributed by atoms with Gasteiger partial charge < -0.3 is 9.80 Å². The molecule has 2 aliphatic rings. The number of carbonyl (C=O) groups is 2. The van der Waals surface area contributed by atoms with Gasteiger partial charge in [0.05, 0.1) is 0 Å². The summed E-state index contributed by atoms with van der Waals surface area (Å²) < 4.78 is 0. The minimum atomic E-state index is 0.0295. The van der Waals surface area contributed by atoms with Crippen LogP contribution in [0.1, 0.15) is 31.2 Å². The molecule has 0 unspecified atom stereocenters. The quantitative estimate of drug-likeness (QED) is 0.837. The van der Waals surface area contributed by atoms with Crippen LogP contribution in [0.2, 0.25) is 0 Å². The van der Waals surface area contributed by atoms with Gasteiger partial charge >= 0.3 is 0 Å².